The van der Waals surface area contributed by atoms with Gasteiger partial charge < -0.3 is 14.8 Å². The van der Waals surface area contributed by atoms with Crippen molar-refractivity contribution >= 4 is 34.9 Å². The lowest BCUT2D eigenvalue weighted by molar-refractivity contribution is -0.125. The summed E-state index contributed by atoms with van der Waals surface area (Å²) in [5.41, 5.74) is 1.56. The molecule has 1 N–H and O–H groups in total. The molecule has 2 aromatic rings. The van der Waals surface area contributed by atoms with Gasteiger partial charge in [0.1, 0.15) is 11.5 Å². The highest BCUT2D eigenvalue weighted by Crippen LogP contribution is 2.32. The molecule has 0 radical (unpaired) electrons. The minimum atomic E-state index is -2.92. The molecular formula is C22H20F2N2O5S. The fourth-order valence-electron chi connectivity index (χ4n) is 2.80. The maximum absolute atomic E-state index is 12.5. The minimum absolute atomic E-state index is 0.00706. The molecule has 1 aliphatic rings. The third kappa shape index (κ3) is 6.55. The summed E-state index contributed by atoms with van der Waals surface area (Å²) in [6.07, 6.45) is 1.49. The van der Waals surface area contributed by atoms with Crippen LogP contribution in [0.15, 0.2) is 53.4 Å². The maximum Gasteiger partial charge on any atom is 0.387 e. The monoisotopic (exact) mass is 462 g/mol. The van der Waals surface area contributed by atoms with Crippen LogP contribution in [0.3, 0.4) is 0 Å². The Labute approximate surface area is 187 Å². The number of halogens is 2. The van der Waals surface area contributed by atoms with Gasteiger partial charge in [-0.2, -0.15) is 8.78 Å². The summed E-state index contributed by atoms with van der Waals surface area (Å²) in [6.45, 7) is -1.10. The lowest BCUT2D eigenvalue weighted by Crippen LogP contribution is -2.38. The summed E-state index contributed by atoms with van der Waals surface area (Å²) in [5.74, 6) is -0.296. The number of amides is 3. The summed E-state index contributed by atoms with van der Waals surface area (Å²) >= 11 is 0.769. The van der Waals surface area contributed by atoms with E-state index in [4.69, 9.17) is 4.74 Å². The Morgan fingerprint density at radius 2 is 1.91 bits per heavy atom. The van der Waals surface area contributed by atoms with Gasteiger partial charge in [0.25, 0.3) is 17.1 Å². The number of rotatable bonds is 9. The molecule has 0 spiro atoms. The van der Waals surface area contributed by atoms with Crippen LogP contribution >= 0.6 is 11.8 Å². The second kappa shape index (κ2) is 10.8. The van der Waals surface area contributed by atoms with Gasteiger partial charge in [-0.3, -0.25) is 19.3 Å². The molecule has 1 saturated heterocycles. The standard InChI is InChI=1S/C22H20F2N2O5S/c1-14-3-2-4-17(11-14)30-13-19(27)25-9-10-26-20(28)18(32-22(26)29)12-15-5-7-16(8-6-15)31-21(23)24/h2-8,11-12,21H,9-10,13H2,1H3,(H,25,27)/b18-12-. The summed E-state index contributed by atoms with van der Waals surface area (Å²) in [7, 11) is 0. The molecule has 1 heterocycles. The number of ether oxygens (including phenoxy) is 2. The van der Waals surface area contributed by atoms with E-state index >= 15 is 0 Å². The fraction of sp³-hybridized carbons (Fsp3) is 0.227. The lowest BCUT2D eigenvalue weighted by atomic mass is 10.2. The van der Waals surface area contributed by atoms with Gasteiger partial charge >= 0.3 is 6.61 Å². The first-order valence-corrected chi connectivity index (χ1v) is 10.4. The number of carbonyl (C=O) groups excluding carboxylic acids is 3. The normalized spacial score (nSPS) is 14.9. The van der Waals surface area contributed by atoms with Crippen molar-refractivity contribution in [3.8, 4) is 11.5 Å². The van der Waals surface area contributed by atoms with E-state index in [0.29, 0.717) is 11.3 Å². The average molecular weight is 462 g/mol. The first kappa shape index (κ1) is 23.3. The SMILES string of the molecule is Cc1cccc(OCC(=O)NCCN2C(=O)S/C(=C\c3ccc(OC(F)F)cc3)C2=O)c1. The van der Waals surface area contributed by atoms with Crippen LogP contribution in [-0.2, 0) is 9.59 Å². The van der Waals surface area contributed by atoms with Crippen LogP contribution in [0.25, 0.3) is 6.08 Å². The quantitative estimate of drug-likeness (QED) is 0.571. The number of carbonyl (C=O) groups is 3. The number of nitrogens with zero attached hydrogens (tertiary/aromatic N) is 1. The summed E-state index contributed by atoms with van der Waals surface area (Å²) in [6, 6.07) is 13.0. The number of alkyl halides is 2. The molecule has 0 unspecified atom stereocenters. The second-order valence-electron chi connectivity index (χ2n) is 6.74. The Bertz CT molecular complexity index is 1030. The van der Waals surface area contributed by atoms with Crippen LogP contribution in [0.4, 0.5) is 13.6 Å². The number of imide groups is 1. The molecule has 0 aromatic heterocycles. The van der Waals surface area contributed by atoms with Gasteiger partial charge in [0.2, 0.25) is 0 Å². The first-order chi connectivity index (χ1) is 15.3. The molecule has 0 saturated carbocycles. The number of hydrogen-bond donors (Lipinski definition) is 1. The number of benzene rings is 2. The third-order valence-electron chi connectivity index (χ3n) is 4.29. The predicted molar refractivity (Wildman–Crippen MR) is 115 cm³/mol. The van der Waals surface area contributed by atoms with E-state index in [1.54, 1.807) is 12.1 Å². The Morgan fingerprint density at radius 1 is 1.16 bits per heavy atom. The van der Waals surface area contributed by atoms with Crippen molar-refractivity contribution < 1.29 is 32.6 Å². The van der Waals surface area contributed by atoms with Crippen molar-refractivity contribution in [3.05, 3.63) is 64.6 Å². The van der Waals surface area contributed by atoms with E-state index in [-0.39, 0.29) is 36.3 Å². The van der Waals surface area contributed by atoms with Gasteiger partial charge in [0.05, 0.1) is 4.91 Å². The van der Waals surface area contributed by atoms with E-state index in [9.17, 15) is 23.2 Å². The fourth-order valence-corrected chi connectivity index (χ4v) is 3.67. The Morgan fingerprint density at radius 3 is 2.59 bits per heavy atom. The van der Waals surface area contributed by atoms with Crippen LogP contribution in [0.1, 0.15) is 11.1 Å². The molecule has 1 fully saturated rings. The van der Waals surface area contributed by atoms with Crippen molar-refractivity contribution in [1.29, 1.82) is 0 Å². The minimum Gasteiger partial charge on any atom is -0.484 e. The van der Waals surface area contributed by atoms with E-state index < -0.39 is 17.8 Å². The summed E-state index contributed by atoms with van der Waals surface area (Å²) in [5, 5.41) is 2.15. The van der Waals surface area contributed by atoms with Crippen molar-refractivity contribution in [2.24, 2.45) is 0 Å². The highest BCUT2D eigenvalue weighted by molar-refractivity contribution is 8.18. The van der Waals surface area contributed by atoms with E-state index in [0.717, 1.165) is 22.2 Å². The van der Waals surface area contributed by atoms with E-state index in [1.165, 1.54) is 30.3 Å². The largest absolute Gasteiger partial charge is 0.484 e. The van der Waals surface area contributed by atoms with Crippen LogP contribution in [0.5, 0.6) is 11.5 Å². The third-order valence-corrected chi connectivity index (χ3v) is 5.20. The molecular weight excluding hydrogens is 442 g/mol. The maximum atomic E-state index is 12.5. The lowest BCUT2D eigenvalue weighted by Gasteiger charge is -2.13. The van der Waals surface area contributed by atoms with Crippen LogP contribution < -0.4 is 14.8 Å². The molecule has 168 valence electrons. The van der Waals surface area contributed by atoms with Crippen molar-refractivity contribution in [2.45, 2.75) is 13.5 Å². The molecule has 0 atom stereocenters. The van der Waals surface area contributed by atoms with Gasteiger partial charge in [0.15, 0.2) is 6.61 Å². The van der Waals surface area contributed by atoms with Crippen LogP contribution in [0, 0.1) is 6.92 Å². The molecule has 1 aliphatic heterocycles. The first-order valence-electron chi connectivity index (χ1n) is 9.58. The van der Waals surface area contributed by atoms with Crippen LogP contribution in [0.2, 0.25) is 0 Å². The smallest absolute Gasteiger partial charge is 0.387 e. The number of nitrogens with one attached hydrogen (secondary N) is 1. The van der Waals surface area contributed by atoms with Crippen LogP contribution in [-0.4, -0.2) is 48.3 Å². The molecule has 3 amide bonds. The average Bonchev–Trinajstić information content (AvgIpc) is 3.00. The van der Waals surface area contributed by atoms with Crippen molar-refractivity contribution in [1.82, 2.24) is 10.2 Å². The number of hydrogen-bond acceptors (Lipinski definition) is 6. The predicted octanol–water partition coefficient (Wildman–Crippen LogP) is 3.83. The Balaban J connectivity index is 1.48. The molecule has 2 aromatic carbocycles. The zero-order valence-corrected chi connectivity index (χ0v) is 17.9. The molecule has 3 rings (SSSR count). The highest BCUT2D eigenvalue weighted by atomic mass is 32.2. The Hall–Kier alpha value is -3.40. The number of aryl methyl sites for hydroxylation is 1. The van der Waals surface area contributed by atoms with E-state index in [1.807, 2.05) is 19.1 Å². The zero-order chi connectivity index (χ0) is 23.1. The zero-order valence-electron chi connectivity index (χ0n) is 17.0. The Kier molecular flexibility index (Phi) is 7.82. The molecule has 10 heteroatoms. The molecule has 7 nitrogen and oxygen atoms in total. The molecule has 0 aliphatic carbocycles. The topological polar surface area (TPSA) is 84.9 Å². The molecule has 0 bridgehead atoms. The van der Waals surface area contributed by atoms with Gasteiger partial charge in [-0.25, -0.2) is 0 Å². The van der Waals surface area contributed by atoms with Gasteiger partial charge in [-0.1, -0.05) is 24.3 Å². The van der Waals surface area contributed by atoms with Crippen molar-refractivity contribution in [2.75, 3.05) is 19.7 Å². The number of thioether (sulfide) groups is 1. The van der Waals surface area contributed by atoms with E-state index in [2.05, 4.69) is 10.1 Å². The van der Waals surface area contributed by atoms with Gasteiger partial charge in [-0.05, 0) is 60.2 Å². The van der Waals surface area contributed by atoms with Gasteiger partial charge in [0, 0.05) is 13.1 Å². The summed E-state index contributed by atoms with van der Waals surface area (Å²) < 4.78 is 34.1. The summed E-state index contributed by atoms with van der Waals surface area (Å²) in [4.78, 5) is 37.8. The van der Waals surface area contributed by atoms with Crippen molar-refractivity contribution in [3.63, 3.8) is 0 Å². The van der Waals surface area contributed by atoms with Gasteiger partial charge in [-0.15, -0.1) is 0 Å². The second-order valence-corrected chi connectivity index (χ2v) is 7.73. The highest BCUT2D eigenvalue weighted by Gasteiger charge is 2.34. The molecule has 32 heavy (non-hydrogen) atoms.